The molecule has 0 fully saturated rings. The average Bonchev–Trinajstić information content (AvgIpc) is 2.16. The van der Waals surface area contributed by atoms with Gasteiger partial charge in [-0.05, 0) is 24.1 Å². The molecule has 0 aliphatic carbocycles. The first-order chi connectivity index (χ1) is 7.01. The Morgan fingerprint density at radius 3 is 2.20 bits per heavy atom. The summed E-state index contributed by atoms with van der Waals surface area (Å²) in [5, 5.41) is 8.62. The third kappa shape index (κ3) is 4.74. The molecule has 1 N–H and O–H groups in total. The summed E-state index contributed by atoms with van der Waals surface area (Å²) in [6.45, 7) is -6.11. The molecule has 0 saturated carbocycles. The van der Waals surface area contributed by atoms with Gasteiger partial charge in [-0.1, -0.05) is 12.1 Å². The van der Waals surface area contributed by atoms with Crippen LogP contribution >= 0.6 is 0 Å². The van der Waals surface area contributed by atoms with Crippen LogP contribution in [0.4, 0.5) is 12.9 Å². The van der Waals surface area contributed by atoms with Gasteiger partial charge in [-0.25, -0.2) is 0 Å². The van der Waals surface area contributed by atoms with Gasteiger partial charge < -0.3 is 22.8 Å². The Morgan fingerprint density at radius 2 is 1.73 bits per heavy atom. The third-order valence-electron chi connectivity index (χ3n) is 1.76. The van der Waals surface area contributed by atoms with E-state index < -0.39 is 13.5 Å². The van der Waals surface area contributed by atoms with Crippen molar-refractivity contribution in [2.24, 2.45) is 0 Å². The topological polar surface area (TPSA) is 29.5 Å². The van der Waals surface area contributed by atoms with Crippen molar-refractivity contribution in [1.29, 1.82) is 0 Å². The molecule has 0 atom stereocenters. The summed E-state index contributed by atoms with van der Waals surface area (Å²) in [6.07, 6.45) is 0.490. The average molecular weight is 219 g/mol. The molecule has 0 heterocycles. The first-order valence-corrected chi connectivity index (χ1v) is 4.55. The lowest BCUT2D eigenvalue weighted by molar-refractivity contribution is 0.299. The third-order valence-corrected chi connectivity index (χ3v) is 1.76. The lowest BCUT2D eigenvalue weighted by Gasteiger charge is -2.15. The summed E-state index contributed by atoms with van der Waals surface area (Å²) in [6, 6.07) is 6.20. The van der Waals surface area contributed by atoms with Crippen LogP contribution in [0.15, 0.2) is 24.3 Å². The van der Waals surface area contributed by atoms with Gasteiger partial charge in [0.05, 0.1) is 6.51 Å². The normalized spacial score (nSPS) is 11.5. The van der Waals surface area contributed by atoms with E-state index in [-0.39, 0.29) is 12.4 Å². The number of aliphatic hydroxyl groups is 1. The molecule has 0 spiro atoms. The molecule has 0 unspecified atom stereocenters. The summed E-state index contributed by atoms with van der Waals surface area (Å²) >= 11 is 0. The highest BCUT2D eigenvalue weighted by Crippen LogP contribution is 2.15. The Bertz CT molecular complexity index is 297. The van der Waals surface area contributed by atoms with Crippen molar-refractivity contribution >= 4 is 6.98 Å². The van der Waals surface area contributed by atoms with Crippen molar-refractivity contribution in [2.45, 2.75) is 6.42 Å². The van der Waals surface area contributed by atoms with E-state index in [1.807, 2.05) is 0 Å². The highest BCUT2D eigenvalue weighted by Gasteiger charge is 2.23. The zero-order valence-electron chi connectivity index (χ0n) is 8.00. The minimum Gasteiger partial charge on any atom is -0.522 e. The van der Waals surface area contributed by atoms with Crippen molar-refractivity contribution in [3.05, 3.63) is 29.8 Å². The monoisotopic (exact) mass is 219 g/mol. The van der Waals surface area contributed by atoms with Crippen LogP contribution in [0, 0.1) is 0 Å². The van der Waals surface area contributed by atoms with Crippen molar-refractivity contribution in [1.82, 2.24) is 0 Å². The van der Waals surface area contributed by atoms with E-state index in [1.54, 1.807) is 12.1 Å². The summed E-state index contributed by atoms with van der Waals surface area (Å²) in [5.74, 6) is 0.191. The molecule has 0 amide bonds. The van der Waals surface area contributed by atoms with Gasteiger partial charge in [0.2, 0.25) is 0 Å². The second kappa shape index (κ2) is 5.07. The quantitative estimate of drug-likeness (QED) is 0.767. The fraction of sp³-hybridized carbons (Fsp3) is 0.333. The molecule has 0 aliphatic rings. The lowest BCUT2D eigenvalue weighted by Crippen LogP contribution is -2.26. The maximum atomic E-state index is 11.8. The van der Waals surface area contributed by atoms with Crippen LogP contribution in [0.2, 0.25) is 0 Å². The van der Waals surface area contributed by atoms with Gasteiger partial charge in [0.1, 0.15) is 5.75 Å². The Hall–Kier alpha value is -1.17. The molecule has 2 nitrogen and oxygen atoms in total. The number of halogens is 3. The molecule has 0 saturated heterocycles. The number of rotatable bonds is 5. The fourth-order valence-electron chi connectivity index (χ4n) is 1.07. The predicted molar refractivity (Wildman–Crippen MR) is 51.8 cm³/mol. The lowest BCUT2D eigenvalue weighted by atomic mass is 9.95. The molecular formula is C9H11BF3O2-. The van der Waals surface area contributed by atoms with Crippen LogP contribution in [0.1, 0.15) is 5.56 Å². The summed E-state index contributed by atoms with van der Waals surface area (Å²) < 4.78 is 40.1. The van der Waals surface area contributed by atoms with E-state index >= 15 is 0 Å². The molecule has 0 bridgehead atoms. The maximum Gasteiger partial charge on any atom is 0.515 e. The molecule has 6 heteroatoms. The van der Waals surface area contributed by atoms with Crippen molar-refractivity contribution in [3.63, 3.8) is 0 Å². The van der Waals surface area contributed by atoms with Gasteiger partial charge in [-0.3, -0.25) is 0 Å². The molecule has 0 aliphatic heterocycles. The largest absolute Gasteiger partial charge is 0.522 e. The van der Waals surface area contributed by atoms with Crippen molar-refractivity contribution < 1.29 is 22.8 Å². The number of ether oxygens (including phenoxy) is 1. The number of hydrogen-bond donors (Lipinski definition) is 1. The van der Waals surface area contributed by atoms with Crippen LogP contribution < -0.4 is 4.74 Å². The Kier molecular flexibility index (Phi) is 4.02. The first-order valence-electron chi connectivity index (χ1n) is 4.55. The zero-order valence-corrected chi connectivity index (χ0v) is 8.00. The van der Waals surface area contributed by atoms with Crippen LogP contribution in [-0.4, -0.2) is 25.2 Å². The summed E-state index contributed by atoms with van der Waals surface area (Å²) in [7, 11) is 0. The Labute approximate surface area is 85.7 Å². The van der Waals surface area contributed by atoms with Gasteiger partial charge in [-0.15, -0.1) is 0 Å². The Morgan fingerprint density at radius 1 is 1.13 bits per heavy atom. The molecule has 1 aromatic rings. The molecular weight excluding hydrogens is 208 g/mol. The standard InChI is InChI=1S/C9H11BF3O2/c11-10(12,13)7-15-9-3-1-8(2-4-9)5-6-14/h1-4,14H,5-7H2/q-1. The van der Waals surface area contributed by atoms with E-state index in [1.165, 1.54) is 12.1 Å². The smallest absolute Gasteiger partial charge is 0.515 e. The predicted octanol–water partition coefficient (Wildman–Crippen LogP) is 1.99. The molecule has 1 aromatic carbocycles. The minimum absolute atomic E-state index is 0.0197. The van der Waals surface area contributed by atoms with Gasteiger partial charge in [0.25, 0.3) is 0 Å². The highest BCUT2D eigenvalue weighted by atomic mass is 19.4. The number of aliphatic hydroxyl groups excluding tert-OH is 1. The van der Waals surface area contributed by atoms with E-state index in [2.05, 4.69) is 4.74 Å². The summed E-state index contributed by atoms with van der Waals surface area (Å²) in [4.78, 5) is 0. The molecule has 1 rings (SSSR count). The van der Waals surface area contributed by atoms with Gasteiger partial charge in [0.15, 0.2) is 0 Å². The summed E-state index contributed by atoms with van der Waals surface area (Å²) in [5.41, 5.74) is 0.863. The SMILES string of the molecule is OCCc1ccc(OC[B-](F)(F)F)cc1. The zero-order chi connectivity index (χ0) is 11.3. The number of hydrogen-bond acceptors (Lipinski definition) is 2. The van der Waals surface area contributed by atoms with Gasteiger partial charge in [0, 0.05) is 6.61 Å². The number of benzene rings is 1. The van der Waals surface area contributed by atoms with Crippen LogP contribution in [0.3, 0.4) is 0 Å². The fourth-order valence-corrected chi connectivity index (χ4v) is 1.07. The molecule has 0 radical (unpaired) electrons. The Balaban J connectivity index is 2.50. The van der Waals surface area contributed by atoms with Crippen LogP contribution in [0.5, 0.6) is 5.75 Å². The first kappa shape index (κ1) is 11.9. The maximum absolute atomic E-state index is 11.8. The van der Waals surface area contributed by atoms with Gasteiger partial charge >= 0.3 is 6.98 Å². The molecule has 15 heavy (non-hydrogen) atoms. The second-order valence-corrected chi connectivity index (χ2v) is 3.14. The van der Waals surface area contributed by atoms with Crippen molar-refractivity contribution in [3.8, 4) is 5.75 Å². The molecule has 0 aromatic heterocycles. The van der Waals surface area contributed by atoms with Crippen LogP contribution in [-0.2, 0) is 6.42 Å². The van der Waals surface area contributed by atoms with Crippen LogP contribution in [0.25, 0.3) is 0 Å². The highest BCUT2D eigenvalue weighted by molar-refractivity contribution is 6.58. The second-order valence-electron chi connectivity index (χ2n) is 3.14. The van der Waals surface area contributed by atoms with E-state index in [0.29, 0.717) is 6.42 Å². The van der Waals surface area contributed by atoms with E-state index in [0.717, 1.165) is 5.56 Å². The van der Waals surface area contributed by atoms with E-state index in [4.69, 9.17) is 5.11 Å². The molecule has 84 valence electrons. The van der Waals surface area contributed by atoms with E-state index in [9.17, 15) is 12.9 Å². The van der Waals surface area contributed by atoms with Gasteiger partial charge in [-0.2, -0.15) is 0 Å². The minimum atomic E-state index is -4.91. The van der Waals surface area contributed by atoms with Crippen molar-refractivity contribution in [2.75, 3.05) is 13.1 Å².